The Hall–Kier alpha value is -2.22. The van der Waals surface area contributed by atoms with Crippen LogP contribution in [0.4, 0.5) is 11.5 Å². The summed E-state index contributed by atoms with van der Waals surface area (Å²) in [6.07, 6.45) is 3.00. The number of halogens is 1. The number of benzene rings is 1. The molecule has 0 fully saturated rings. The van der Waals surface area contributed by atoms with E-state index < -0.39 is 4.92 Å². The summed E-state index contributed by atoms with van der Waals surface area (Å²) >= 11 is 3.27. The number of non-ortho nitro benzene ring substituents is 1. The lowest BCUT2D eigenvalue weighted by Gasteiger charge is -2.08. The van der Waals surface area contributed by atoms with Crippen LogP contribution >= 0.6 is 15.9 Å². The molecule has 0 atom stereocenters. The van der Waals surface area contributed by atoms with Gasteiger partial charge in [-0.05, 0) is 28.9 Å². The molecule has 1 N–H and O–H groups in total. The van der Waals surface area contributed by atoms with Gasteiger partial charge in [-0.1, -0.05) is 0 Å². The molecule has 0 aliphatic heterocycles. The molecular weight excluding hydrogens is 328 g/mol. The zero-order chi connectivity index (χ0) is 14.5. The maximum absolute atomic E-state index is 10.8. The zero-order valence-corrected chi connectivity index (χ0v) is 12.1. The highest BCUT2D eigenvalue weighted by Gasteiger charge is 2.12. The molecule has 104 valence electrons. The molecule has 7 nitrogen and oxygen atoms in total. The van der Waals surface area contributed by atoms with Gasteiger partial charge >= 0.3 is 0 Å². The largest absolute Gasteiger partial charge is 0.436 e. The van der Waals surface area contributed by atoms with Crippen LogP contribution in [-0.2, 0) is 0 Å². The summed E-state index contributed by atoms with van der Waals surface area (Å²) in [6, 6.07) is 4.26. The summed E-state index contributed by atoms with van der Waals surface area (Å²) in [5, 5.41) is 13.8. The van der Waals surface area contributed by atoms with Gasteiger partial charge in [-0.25, -0.2) is 0 Å². The van der Waals surface area contributed by atoms with E-state index in [9.17, 15) is 10.1 Å². The van der Waals surface area contributed by atoms with Crippen molar-refractivity contribution in [2.75, 3.05) is 11.9 Å². The fourth-order valence-electron chi connectivity index (χ4n) is 1.46. The highest BCUT2D eigenvalue weighted by Crippen LogP contribution is 2.32. The lowest BCUT2D eigenvalue weighted by molar-refractivity contribution is -0.384. The van der Waals surface area contributed by atoms with E-state index in [4.69, 9.17) is 4.74 Å². The van der Waals surface area contributed by atoms with Crippen LogP contribution in [0.15, 0.2) is 35.1 Å². The molecule has 0 spiro atoms. The Morgan fingerprint density at radius 1 is 1.45 bits per heavy atom. The van der Waals surface area contributed by atoms with Gasteiger partial charge in [0, 0.05) is 12.6 Å². The number of aromatic nitrogens is 2. The molecule has 1 aromatic carbocycles. The maximum atomic E-state index is 10.8. The number of nitro groups is 1. The molecule has 0 aliphatic rings. The van der Waals surface area contributed by atoms with E-state index >= 15 is 0 Å². The topological polar surface area (TPSA) is 90.2 Å². The summed E-state index contributed by atoms with van der Waals surface area (Å²) in [5.74, 6) is 1.14. The van der Waals surface area contributed by atoms with Crippen LogP contribution < -0.4 is 10.1 Å². The Balaban J connectivity index is 2.27. The van der Waals surface area contributed by atoms with Gasteiger partial charge in [-0.2, -0.15) is 4.98 Å². The third-order valence-electron chi connectivity index (χ3n) is 2.31. The van der Waals surface area contributed by atoms with Crippen LogP contribution in [0.1, 0.15) is 6.92 Å². The molecule has 0 amide bonds. The van der Waals surface area contributed by atoms with Crippen molar-refractivity contribution in [3.05, 3.63) is 45.2 Å². The molecule has 1 heterocycles. The summed E-state index contributed by atoms with van der Waals surface area (Å²) < 4.78 is 6.12. The van der Waals surface area contributed by atoms with E-state index in [2.05, 4.69) is 31.2 Å². The first-order valence-electron chi connectivity index (χ1n) is 5.78. The van der Waals surface area contributed by atoms with Crippen LogP contribution in [-0.4, -0.2) is 21.4 Å². The Kier molecular flexibility index (Phi) is 4.46. The average Bonchev–Trinajstić information content (AvgIpc) is 2.42. The fourth-order valence-corrected chi connectivity index (χ4v) is 1.79. The van der Waals surface area contributed by atoms with Crippen LogP contribution in [0, 0.1) is 10.1 Å². The van der Waals surface area contributed by atoms with Crippen molar-refractivity contribution in [2.24, 2.45) is 0 Å². The number of nitrogens with one attached hydrogen (secondary N) is 1. The van der Waals surface area contributed by atoms with Gasteiger partial charge in [-0.3, -0.25) is 15.1 Å². The minimum Gasteiger partial charge on any atom is -0.436 e. The number of nitrogens with zero attached hydrogens (tertiary/aromatic N) is 3. The summed E-state index contributed by atoms with van der Waals surface area (Å²) in [4.78, 5) is 18.4. The molecule has 0 aliphatic carbocycles. The third kappa shape index (κ3) is 3.41. The standard InChI is InChI=1S/C12H11BrN4O3/c1-2-15-11-6-14-7-12(16-11)20-10-5-8(17(18)19)3-4-9(10)13/h3-7H,2H2,1H3,(H,15,16). The van der Waals surface area contributed by atoms with E-state index in [1.54, 1.807) is 12.3 Å². The van der Waals surface area contributed by atoms with Crippen LogP contribution in [0.2, 0.25) is 0 Å². The number of hydrogen-bond donors (Lipinski definition) is 1. The van der Waals surface area contributed by atoms with Gasteiger partial charge in [0.15, 0.2) is 5.75 Å². The molecule has 20 heavy (non-hydrogen) atoms. The molecule has 0 bridgehead atoms. The molecule has 0 unspecified atom stereocenters. The molecule has 2 rings (SSSR count). The van der Waals surface area contributed by atoms with Gasteiger partial charge in [0.2, 0.25) is 5.88 Å². The number of nitro benzene ring substituents is 1. The first-order chi connectivity index (χ1) is 9.60. The number of anilines is 1. The van der Waals surface area contributed by atoms with Crippen molar-refractivity contribution in [1.29, 1.82) is 0 Å². The van der Waals surface area contributed by atoms with Crippen molar-refractivity contribution in [3.63, 3.8) is 0 Å². The van der Waals surface area contributed by atoms with Crippen molar-refractivity contribution >= 4 is 27.4 Å². The predicted molar refractivity (Wildman–Crippen MR) is 77.1 cm³/mol. The molecule has 0 saturated heterocycles. The Morgan fingerprint density at radius 2 is 2.25 bits per heavy atom. The van der Waals surface area contributed by atoms with Crippen LogP contribution in [0.25, 0.3) is 0 Å². The van der Waals surface area contributed by atoms with E-state index in [0.29, 0.717) is 22.6 Å². The SMILES string of the molecule is CCNc1cncc(Oc2cc([N+](=O)[O-])ccc2Br)n1. The van der Waals surface area contributed by atoms with Crippen molar-refractivity contribution < 1.29 is 9.66 Å². The number of hydrogen-bond acceptors (Lipinski definition) is 6. The summed E-state index contributed by atoms with van der Waals surface area (Å²) in [6.45, 7) is 2.64. The molecule has 0 saturated carbocycles. The normalized spacial score (nSPS) is 10.1. The monoisotopic (exact) mass is 338 g/mol. The summed E-state index contributed by atoms with van der Waals surface area (Å²) in [5.41, 5.74) is -0.0565. The van der Waals surface area contributed by atoms with Gasteiger partial charge in [0.05, 0.1) is 27.9 Å². The van der Waals surface area contributed by atoms with E-state index in [0.717, 1.165) is 0 Å². The highest BCUT2D eigenvalue weighted by molar-refractivity contribution is 9.10. The third-order valence-corrected chi connectivity index (χ3v) is 2.97. The van der Waals surface area contributed by atoms with Gasteiger partial charge < -0.3 is 10.1 Å². The van der Waals surface area contributed by atoms with E-state index in [1.807, 2.05) is 6.92 Å². The average molecular weight is 339 g/mol. The zero-order valence-electron chi connectivity index (χ0n) is 10.5. The Morgan fingerprint density at radius 3 is 2.95 bits per heavy atom. The van der Waals surface area contributed by atoms with E-state index in [-0.39, 0.29) is 11.6 Å². The first kappa shape index (κ1) is 14.2. The Labute approximate surface area is 123 Å². The Bertz CT molecular complexity index is 636. The fraction of sp³-hybridized carbons (Fsp3) is 0.167. The lowest BCUT2D eigenvalue weighted by atomic mass is 10.3. The second kappa shape index (κ2) is 6.29. The molecule has 0 radical (unpaired) electrons. The maximum Gasteiger partial charge on any atom is 0.273 e. The van der Waals surface area contributed by atoms with Crippen LogP contribution in [0.5, 0.6) is 11.6 Å². The minimum atomic E-state index is -0.486. The quantitative estimate of drug-likeness (QED) is 0.663. The van der Waals surface area contributed by atoms with Crippen molar-refractivity contribution in [2.45, 2.75) is 6.92 Å². The van der Waals surface area contributed by atoms with Crippen molar-refractivity contribution in [1.82, 2.24) is 9.97 Å². The smallest absolute Gasteiger partial charge is 0.273 e. The van der Waals surface area contributed by atoms with Gasteiger partial charge in [-0.15, -0.1) is 0 Å². The molecule has 8 heteroatoms. The predicted octanol–water partition coefficient (Wildman–Crippen LogP) is 3.37. The lowest BCUT2D eigenvalue weighted by Crippen LogP contribution is -2.01. The molecule has 2 aromatic rings. The van der Waals surface area contributed by atoms with Gasteiger partial charge in [0.25, 0.3) is 5.69 Å². The summed E-state index contributed by atoms with van der Waals surface area (Å²) in [7, 11) is 0. The van der Waals surface area contributed by atoms with Crippen molar-refractivity contribution in [3.8, 4) is 11.6 Å². The highest BCUT2D eigenvalue weighted by atomic mass is 79.9. The van der Waals surface area contributed by atoms with E-state index in [1.165, 1.54) is 18.3 Å². The minimum absolute atomic E-state index is 0.0565. The molecular formula is C12H11BrN4O3. The second-order valence-corrected chi connectivity index (χ2v) is 4.60. The first-order valence-corrected chi connectivity index (χ1v) is 6.57. The molecule has 1 aromatic heterocycles. The number of rotatable bonds is 5. The van der Waals surface area contributed by atoms with Crippen LogP contribution in [0.3, 0.4) is 0 Å². The number of ether oxygens (including phenoxy) is 1. The van der Waals surface area contributed by atoms with Gasteiger partial charge in [0.1, 0.15) is 5.82 Å². The second-order valence-electron chi connectivity index (χ2n) is 3.75.